The molecule has 1 aliphatic rings. The van der Waals surface area contributed by atoms with E-state index in [-0.39, 0.29) is 5.82 Å². The molecular formula is C7H15BO2. The molecule has 1 fully saturated rings. The van der Waals surface area contributed by atoms with Gasteiger partial charge in [0.05, 0.1) is 0 Å². The van der Waals surface area contributed by atoms with Gasteiger partial charge < -0.3 is 10.0 Å². The predicted molar refractivity (Wildman–Crippen MR) is 41.6 cm³/mol. The maximum absolute atomic E-state index is 8.85. The average molecular weight is 142 g/mol. The van der Waals surface area contributed by atoms with Gasteiger partial charge in [-0.05, 0) is 18.2 Å². The smallest absolute Gasteiger partial charge is 0.427 e. The third kappa shape index (κ3) is 1.99. The monoisotopic (exact) mass is 142 g/mol. The first-order chi connectivity index (χ1) is 4.70. The molecule has 2 nitrogen and oxygen atoms in total. The lowest BCUT2D eigenvalue weighted by Gasteiger charge is -2.25. The normalized spacial score (nSPS) is 33.9. The molecule has 1 aliphatic carbocycles. The zero-order valence-corrected chi connectivity index (χ0v) is 6.45. The predicted octanol–water partition coefficient (Wildman–Crippen LogP) is 1.04. The first-order valence-electron chi connectivity index (χ1n) is 4.06. The molecule has 0 spiro atoms. The Morgan fingerprint density at radius 2 is 2.00 bits per heavy atom. The molecular weight excluding hydrogens is 127 g/mol. The van der Waals surface area contributed by atoms with Crippen molar-refractivity contribution in [3.05, 3.63) is 0 Å². The van der Waals surface area contributed by atoms with E-state index in [1.165, 1.54) is 6.42 Å². The van der Waals surface area contributed by atoms with Crippen LogP contribution >= 0.6 is 0 Å². The van der Waals surface area contributed by atoms with Crippen LogP contribution in [0.25, 0.3) is 0 Å². The highest BCUT2D eigenvalue weighted by molar-refractivity contribution is 6.43. The minimum Gasteiger partial charge on any atom is -0.427 e. The van der Waals surface area contributed by atoms with Crippen LogP contribution in [0.2, 0.25) is 5.82 Å². The standard InChI is InChI=1S/C7H15BO2/c1-6-3-2-4-7(5-6)8(9)10/h6-7,9-10H,2-5H2,1H3. The van der Waals surface area contributed by atoms with Gasteiger partial charge >= 0.3 is 7.12 Å². The van der Waals surface area contributed by atoms with Crippen molar-refractivity contribution in [2.45, 2.75) is 38.4 Å². The Morgan fingerprint density at radius 1 is 1.30 bits per heavy atom. The van der Waals surface area contributed by atoms with Crippen molar-refractivity contribution in [2.75, 3.05) is 0 Å². The van der Waals surface area contributed by atoms with Gasteiger partial charge in [0.25, 0.3) is 0 Å². The lowest BCUT2D eigenvalue weighted by atomic mass is 9.63. The molecule has 0 heterocycles. The van der Waals surface area contributed by atoms with Gasteiger partial charge in [-0.15, -0.1) is 0 Å². The maximum atomic E-state index is 8.85. The minimum atomic E-state index is -1.08. The lowest BCUT2D eigenvalue weighted by Crippen LogP contribution is -2.24. The van der Waals surface area contributed by atoms with Crippen molar-refractivity contribution >= 4 is 7.12 Å². The van der Waals surface area contributed by atoms with Crippen molar-refractivity contribution in [1.82, 2.24) is 0 Å². The number of hydrogen-bond acceptors (Lipinski definition) is 2. The van der Waals surface area contributed by atoms with Gasteiger partial charge in [0, 0.05) is 0 Å². The van der Waals surface area contributed by atoms with Crippen molar-refractivity contribution in [3.63, 3.8) is 0 Å². The fourth-order valence-corrected chi connectivity index (χ4v) is 1.75. The van der Waals surface area contributed by atoms with Crippen molar-refractivity contribution < 1.29 is 10.0 Å². The highest BCUT2D eigenvalue weighted by atomic mass is 16.4. The highest BCUT2D eigenvalue weighted by Gasteiger charge is 2.27. The van der Waals surface area contributed by atoms with Crippen molar-refractivity contribution in [2.24, 2.45) is 5.92 Å². The molecule has 0 radical (unpaired) electrons. The third-order valence-electron chi connectivity index (χ3n) is 2.40. The van der Waals surface area contributed by atoms with E-state index in [1.807, 2.05) is 0 Å². The van der Waals surface area contributed by atoms with E-state index in [0.29, 0.717) is 5.92 Å². The molecule has 0 bridgehead atoms. The van der Waals surface area contributed by atoms with Crippen LogP contribution in [0.4, 0.5) is 0 Å². The molecule has 2 N–H and O–H groups in total. The highest BCUT2D eigenvalue weighted by Crippen LogP contribution is 2.33. The Hall–Kier alpha value is -0.0151. The molecule has 0 amide bonds. The van der Waals surface area contributed by atoms with E-state index in [2.05, 4.69) is 6.92 Å². The van der Waals surface area contributed by atoms with Crippen molar-refractivity contribution in [3.8, 4) is 0 Å². The fraction of sp³-hybridized carbons (Fsp3) is 1.00. The van der Waals surface area contributed by atoms with E-state index in [0.717, 1.165) is 19.3 Å². The molecule has 10 heavy (non-hydrogen) atoms. The van der Waals surface area contributed by atoms with E-state index in [4.69, 9.17) is 10.0 Å². The van der Waals surface area contributed by atoms with Gasteiger partial charge in [0.15, 0.2) is 0 Å². The second-order valence-electron chi connectivity index (χ2n) is 3.45. The van der Waals surface area contributed by atoms with Crippen LogP contribution in [0.1, 0.15) is 32.6 Å². The third-order valence-corrected chi connectivity index (χ3v) is 2.40. The quantitative estimate of drug-likeness (QED) is 0.537. The Balaban J connectivity index is 2.32. The fourth-order valence-electron chi connectivity index (χ4n) is 1.75. The van der Waals surface area contributed by atoms with E-state index >= 15 is 0 Å². The van der Waals surface area contributed by atoms with Gasteiger partial charge in [-0.25, -0.2) is 0 Å². The number of rotatable bonds is 1. The number of hydrogen-bond donors (Lipinski definition) is 2. The SMILES string of the molecule is CC1CCCC(B(O)O)C1. The van der Waals surface area contributed by atoms with Crippen LogP contribution in [0.3, 0.4) is 0 Å². The molecule has 0 aromatic carbocycles. The van der Waals surface area contributed by atoms with Crippen LogP contribution in [0.15, 0.2) is 0 Å². The van der Waals surface area contributed by atoms with Crippen LogP contribution in [-0.2, 0) is 0 Å². The molecule has 3 heteroatoms. The topological polar surface area (TPSA) is 40.5 Å². The first-order valence-corrected chi connectivity index (χ1v) is 4.06. The van der Waals surface area contributed by atoms with Gasteiger partial charge in [-0.3, -0.25) is 0 Å². The van der Waals surface area contributed by atoms with Gasteiger partial charge in [-0.2, -0.15) is 0 Å². The van der Waals surface area contributed by atoms with E-state index in [9.17, 15) is 0 Å². The molecule has 1 saturated carbocycles. The second kappa shape index (κ2) is 3.40. The summed E-state index contributed by atoms with van der Waals surface area (Å²) < 4.78 is 0. The zero-order valence-electron chi connectivity index (χ0n) is 6.45. The second-order valence-corrected chi connectivity index (χ2v) is 3.45. The molecule has 0 aromatic heterocycles. The van der Waals surface area contributed by atoms with E-state index < -0.39 is 7.12 Å². The molecule has 1 rings (SSSR count). The van der Waals surface area contributed by atoms with Crippen LogP contribution in [0, 0.1) is 5.92 Å². The maximum Gasteiger partial charge on any atom is 0.454 e. The lowest BCUT2D eigenvalue weighted by molar-refractivity contribution is 0.313. The van der Waals surface area contributed by atoms with Crippen LogP contribution in [0.5, 0.6) is 0 Å². The van der Waals surface area contributed by atoms with Gasteiger partial charge in [0.1, 0.15) is 0 Å². The summed E-state index contributed by atoms with van der Waals surface area (Å²) in [7, 11) is -1.08. The summed E-state index contributed by atoms with van der Waals surface area (Å²) in [4.78, 5) is 0. The van der Waals surface area contributed by atoms with Crippen LogP contribution in [-0.4, -0.2) is 17.2 Å². The summed E-state index contributed by atoms with van der Waals surface area (Å²) in [5, 5.41) is 17.7. The van der Waals surface area contributed by atoms with E-state index in [1.54, 1.807) is 0 Å². The first kappa shape index (κ1) is 8.09. The molecule has 0 aromatic rings. The van der Waals surface area contributed by atoms with Gasteiger partial charge in [0.2, 0.25) is 0 Å². The molecule has 2 unspecified atom stereocenters. The summed E-state index contributed by atoms with van der Waals surface area (Å²) in [6.45, 7) is 2.18. The summed E-state index contributed by atoms with van der Waals surface area (Å²) in [5.41, 5.74) is 0. The largest absolute Gasteiger partial charge is 0.454 e. The summed E-state index contributed by atoms with van der Waals surface area (Å²) in [5.74, 6) is 0.823. The van der Waals surface area contributed by atoms with Crippen molar-refractivity contribution in [1.29, 1.82) is 0 Å². The molecule has 0 aliphatic heterocycles. The zero-order chi connectivity index (χ0) is 7.56. The van der Waals surface area contributed by atoms with Gasteiger partial charge in [-0.1, -0.05) is 26.2 Å². The summed E-state index contributed by atoms with van der Waals surface area (Å²) >= 11 is 0. The Kier molecular flexibility index (Phi) is 2.75. The Bertz CT molecular complexity index is 106. The summed E-state index contributed by atoms with van der Waals surface area (Å²) in [6, 6.07) is 0. The average Bonchev–Trinajstić information content (AvgIpc) is 1.88. The molecule has 58 valence electrons. The molecule has 2 atom stereocenters. The summed E-state index contributed by atoms with van der Waals surface area (Å²) in [6.07, 6.45) is 4.38. The minimum absolute atomic E-state index is 0.142. The Morgan fingerprint density at radius 3 is 2.40 bits per heavy atom. The van der Waals surface area contributed by atoms with Crippen LogP contribution < -0.4 is 0 Å². The Labute approximate surface area is 62.4 Å². The molecule has 0 saturated heterocycles.